The summed E-state index contributed by atoms with van der Waals surface area (Å²) in [7, 11) is 0. The molecule has 8 heteroatoms. The Balaban J connectivity index is 1.96. The molecule has 1 atom stereocenters. The second-order valence-electron chi connectivity index (χ2n) is 5.91. The molecule has 2 heterocycles. The number of nitro benzene ring substituents is 1. The monoisotopic (exact) mass is 356 g/mol. The van der Waals surface area contributed by atoms with Gasteiger partial charge in [-0.1, -0.05) is 0 Å². The van der Waals surface area contributed by atoms with Crippen molar-refractivity contribution in [3.8, 4) is 6.07 Å². The number of benzene rings is 1. The van der Waals surface area contributed by atoms with Gasteiger partial charge in [-0.15, -0.1) is 11.3 Å². The highest BCUT2D eigenvalue weighted by Crippen LogP contribution is 2.33. The number of Topliss-reactive ketones (excluding diaryl/α,β-unsaturated/α-hetero) is 1. The van der Waals surface area contributed by atoms with Gasteiger partial charge in [0.05, 0.1) is 11.0 Å². The lowest BCUT2D eigenvalue weighted by molar-refractivity contribution is -0.384. The zero-order chi connectivity index (χ0) is 18.0. The summed E-state index contributed by atoms with van der Waals surface area (Å²) in [5, 5.41) is 23.0. The molecule has 128 valence electrons. The Morgan fingerprint density at radius 2 is 2.16 bits per heavy atom. The maximum Gasteiger partial charge on any atom is 0.293 e. The highest BCUT2D eigenvalue weighted by atomic mass is 32.1. The highest BCUT2D eigenvalue weighted by Gasteiger charge is 2.28. The number of thiazole rings is 1. The Labute approximate surface area is 148 Å². The van der Waals surface area contributed by atoms with Gasteiger partial charge in [0.2, 0.25) is 0 Å². The van der Waals surface area contributed by atoms with Crippen molar-refractivity contribution in [2.75, 3.05) is 18.0 Å². The summed E-state index contributed by atoms with van der Waals surface area (Å²) in [4.78, 5) is 29.8. The molecule has 1 aliphatic heterocycles. The topological polar surface area (TPSA) is 100 Å². The van der Waals surface area contributed by atoms with E-state index in [9.17, 15) is 20.2 Å². The van der Waals surface area contributed by atoms with E-state index in [0.29, 0.717) is 10.7 Å². The van der Waals surface area contributed by atoms with Crippen LogP contribution < -0.4 is 4.90 Å². The Kier molecular flexibility index (Phi) is 4.76. The fourth-order valence-corrected chi connectivity index (χ4v) is 3.78. The molecule has 1 aromatic heterocycles. The van der Waals surface area contributed by atoms with Crippen LogP contribution in [0.15, 0.2) is 23.6 Å². The number of hydrogen-bond donors (Lipinski definition) is 0. The van der Waals surface area contributed by atoms with Crippen LogP contribution in [0.25, 0.3) is 0 Å². The number of aromatic nitrogens is 1. The van der Waals surface area contributed by atoms with E-state index in [-0.39, 0.29) is 11.3 Å². The minimum Gasteiger partial charge on any atom is -0.366 e. The van der Waals surface area contributed by atoms with Crippen molar-refractivity contribution in [3.63, 3.8) is 0 Å². The lowest BCUT2D eigenvalue weighted by atomic mass is 9.98. The number of carbonyl (C=O) groups excluding carboxylic acids is 1. The van der Waals surface area contributed by atoms with Crippen LogP contribution in [0, 0.1) is 28.4 Å². The van der Waals surface area contributed by atoms with Crippen LogP contribution >= 0.6 is 11.3 Å². The Morgan fingerprint density at radius 3 is 2.72 bits per heavy atom. The average Bonchev–Trinajstić information content (AvgIpc) is 3.27. The van der Waals surface area contributed by atoms with E-state index in [1.807, 2.05) is 11.0 Å². The summed E-state index contributed by atoms with van der Waals surface area (Å²) >= 11 is 1.24. The predicted molar refractivity (Wildman–Crippen MR) is 94.1 cm³/mol. The minimum absolute atomic E-state index is 0.0974. The third kappa shape index (κ3) is 3.37. The molecule has 0 saturated carbocycles. The van der Waals surface area contributed by atoms with Crippen LogP contribution in [0.2, 0.25) is 0 Å². The number of rotatable bonds is 5. The molecular formula is C17H16N4O3S. The molecule has 25 heavy (non-hydrogen) atoms. The normalized spacial score (nSPS) is 15.0. The fraction of sp³-hybridized carbons (Fsp3) is 0.353. The van der Waals surface area contributed by atoms with E-state index in [1.165, 1.54) is 17.4 Å². The van der Waals surface area contributed by atoms with Crippen LogP contribution in [0.1, 0.15) is 39.8 Å². The minimum atomic E-state index is -1.05. The van der Waals surface area contributed by atoms with Gasteiger partial charge in [0.25, 0.3) is 5.69 Å². The molecular weight excluding hydrogens is 340 g/mol. The van der Waals surface area contributed by atoms with Crippen molar-refractivity contribution < 1.29 is 9.72 Å². The smallest absolute Gasteiger partial charge is 0.293 e. The molecule has 0 bridgehead atoms. The molecule has 1 fully saturated rings. The van der Waals surface area contributed by atoms with Crippen LogP contribution in [0.4, 0.5) is 11.4 Å². The highest BCUT2D eigenvalue weighted by molar-refractivity contribution is 7.10. The molecule has 0 aliphatic carbocycles. The van der Waals surface area contributed by atoms with Gasteiger partial charge in [-0.3, -0.25) is 14.9 Å². The molecule has 0 radical (unpaired) electrons. The van der Waals surface area contributed by atoms with Crippen LogP contribution in [0.5, 0.6) is 0 Å². The number of carbonyl (C=O) groups is 1. The molecule has 0 amide bonds. The summed E-state index contributed by atoms with van der Waals surface area (Å²) in [6.07, 6.45) is 2.00. The van der Waals surface area contributed by atoms with Gasteiger partial charge in [-0.2, -0.15) is 5.26 Å². The fourth-order valence-electron chi connectivity index (χ4n) is 2.95. The maximum absolute atomic E-state index is 12.7. The van der Waals surface area contributed by atoms with Gasteiger partial charge in [-0.05, 0) is 31.9 Å². The van der Waals surface area contributed by atoms with Crippen molar-refractivity contribution in [1.82, 2.24) is 4.98 Å². The van der Waals surface area contributed by atoms with E-state index < -0.39 is 16.6 Å². The van der Waals surface area contributed by atoms with Gasteiger partial charge in [-0.25, -0.2) is 4.98 Å². The van der Waals surface area contributed by atoms with Gasteiger partial charge in [0.15, 0.2) is 11.7 Å². The lowest BCUT2D eigenvalue weighted by Crippen LogP contribution is -2.19. The zero-order valence-corrected chi connectivity index (χ0v) is 14.5. The summed E-state index contributed by atoms with van der Waals surface area (Å²) in [6.45, 7) is 3.33. The molecule has 1 saturated heterocycles. The molecule has 0 N–H and O–H groups in total. The predicted octanol–water partition coefficient (Wildman–Crippen LogP) is 3.45. The molecule has 1 aliphatic rings. The molecule has 0 spiro atoms. The molecule has 3 rings (SSSR count). The summed E-state index contributed by atoms with van der Waals surface area (Å²) < 4.78 is 0. The van der Waals surface area contributed by atoms with Gasteiger partial charge in [0, 0.05) is 35.8 Å². The standard InChI is InChI=1S/C17H16N4O3S/c1-11-10-25-17(19-11)13(9-18)16(22)12-4-5-14(15(8-12)21(23)24)20-6-2-3-7-20/h4-5,8,10,13H,2-3,6-7H2,1H3. The van der Waals surface area contributed by atoms with E-state index in [0.717, 1.165) is 31.6 Å². The first kappa shape index (κ1) is 17.0. The Hall–Kier alpha value is -2.79. The van der Waals surface area contributed by atoms with E-state index in [4.69, 9.17) is 0 Å². The van der Waals surface area contributed by atoms with Crippen LogP contribution in [-0.2, 0) is 0 Å². The first-order chi connectivity index (χ1) is 12.0. The van der Waals surface area contributed by atoms with Crippen LogP contribution in [-0.4, -0.2) is 28.8 Å². The SMILES string of the molecule is Cc1csc(C(C#N)C(=O)c2ccc(N3CCCC3)c([N+](=O)[O-])c2)n1. The third-order valence-electron chi connectivity index (χ3n) is 4.18. The van der Waals surface area contributed by atoms with Crippen molar-refractivity contribution in [2.45, 2.75) is 25.7 Å². The maximum atomic E-state index is 12.7. The van der Waals surface area contributed by atoms with Crippen molar-refractivity contribution in [1.29, 1.82) is 5.26 Å². The number of nitriles is 1. The second-order valence-corrected chi connectivity index (χ2v) is 6.80. The third-order valence-corrected chi connectivity index (χ3v) is 5.21. The summed E-state index contributed by atoms with van der Waals surface area (Å²) in [5.41, 5.74) is 1.33. The second kappa shape index (κ2) is 6.99. The number of anilines is 1. The molecule has 1 unspecified atom stereocenters. The number of nitro groups is 1. The Bertz CT molecular complexity index is 865. The Morgan fingerprint density at radius 1 is 1.44 bits per heavy atom. The first-order valence-electron chi connectivity index (χ1n) is 7.90. The van der Waals surface area contributed by atoms with E-state index in [2.05, 4.69) is 4.98 Å². The summed E-state index contributed by atoms with van der Waals surface area (Å²) in [6, 6.07) is 6.42. The van der Waals surface area contributed by atoms with Gasteiger partial charge >= 0.3 is 0 Å². The van der Waals surface area contributed by atoms with Crippen molar-refractivity contribution in [2.24, 2.45) is 0 Å². The van der Waals surface area contributed by atoms with Gasteiger partial charge in [0.1, 0.15) is 10.7 Å². The number of hydrogen-bond acceptors (Lipinski definition) is 7. The van der Waals surface area contributed by atoms with Crippen molar-refractivity contribution >= 4 is 28.5 Å². The molecule has 2 aromatic rings. The quantitative estimate of drug-likeness (QED) is 0.462. The van der Waals surface area contributed by atoms with E-state index in [1.54, 1.807) is 24.4 Å². The first-order valence-corrected chi connectivity index (χ1v) is 8.78. The summed E-state index contributed by atoms with van der Waals surface area (Å²) in [5.74, 6) is -1.51. The average molecular weight is 356 g/mol. The molecule has 7 nitrogen and oxygen atoms in total. The molecule has 1 aromatic carbocycles. The number of nitrogens with zero attached hydrogens (tertiary/aromatic N) is 4. The lowest BCUT2D eigenvalue weighted by Gasteiger charge is -2.18. The van der Waals surface area contributed by atoms with E-state index >= 15 is 0 Å². The number of ketones is 1. The van der Waals surface area contributed by atoms with Crippen molar-refractivity contribution in [3.05, 3.63) is 50.0 Å². The van der Waals surface area contributed by atoms with Crippen LogP contribution in [0.3, 0.4) is 0 Å². The number of aryl methyl sites for hydroxylation is 1. The zero-order valence-electron chi connectivity index (χ0n) is 13.6. The largest absolute Gasteiger partial charge is 0.366 e. The van der Waals surface area contributed by atoms with Gasteiger partial charge < -0.3 is 4.90 Å².